The summed E-state index contributed by atoms with van der Waals surface area (Å²) in [5, 5.41) is 5.48. The molecule has 3 rings (SSSR count). The van der Waals surface area contributed by atoms with Crippen LogP contribution >= 0.6 is 23.1 Å². The van der Waals surface area contributed by atoms with Crippen molar-refractivity contribution in [3.63, 3.8) is 0 Å². The Morgan fingerprint density at radius 3 is 3.06 bits per heavy atom. The summed E-state index contributed by atoms with van der Waals surface area (Å²) >= 11 is 3.76. The van der Waals surface area contributed by atoms with E-state index in [0.29, 0.717) is 6.04 Å². The smallest absolute Gasteiger partial charge is 0.184 e. The standard InChI is InChI=1S/C14H18N2S2/c1-9-5-3-8-12-13(9)16-14(18-12)15-10-6-4-7-11(10)17-2/h3,5,8,10-11H,4,6-7H2,1-2H3,(H,15,16). The molecule has 0 spiro atoms. The van der Waals surface area contributed by atoms with Crippen LogP contribution in [0.1, 0.15) is 24.8 Å². The lowest BCUT2D eigenvalue weighted by Gasteiger charge is -2.18. The molecule has 2 unspecified atom stereocenters. The second-order valence-electron chi connectivity index (χ2n) is 4.90. The summed E-state index contributed by atoms with van der Waals surface area (Å²) in [5.41, 5.74) is 2.42. The first-order valence-electron chi connectivity index (χ1n) is 6.43. The van der Waals surface area contributed by atoms with Gasteiger partial charge in [-0.1, -0.05) is 29.9 Å². The molecule has 1 N–H and O–H groups in total. The molecular formula is C14H18N2S2. The van der Waals surface area contributed by atoms with Gasteiger partial charge in [0.25, 0.3) is 0 Å². The Balaban J connectivity index is 1.84. The van der Waals surface area contributed by atoms with Crippen LogP contribution in [-0.2, 0) is 0 Å². The fourth-order valence-electron chi connectivity index (χ4n) is 2.68. The van der Waals surface area contributed by atoms with Crippen molar-refractivity contribution in [2.45, 2.75) is 37.5 Å². The lowest BCUT2D eigenvalue weighted by Crippen LogP contribution is -2.25. The molecule has 2 atom stereocenters. The number of fused-ring (bicyclic) bond motifs is 1. The number of hydrogen-bond acceptors (Lipinski definition) is 4. The van der Waals surface area contributed by atoms with Gasteiger partial charge in [-0.05, 0) is 37.7 Å². The van der Waals surface area contributed by atoms with E-state index in [9.17, 15) is 0 Å². The predicted octanol–water partition coefficient (Wildman–Crippen LogP) is 4.30. The summed E-state index contributed by atoms with van der Waals surface area (Å²) in [6.07, 6.45) is 6.17. The van der Waals surface area contributed by atoms with Crippen molar-refractivity contribution in [2.75, 3.05) is 11.6 Å². The molecule has 2 nitrogen and oxygen atoms in total. The Morgan fingerprint density at radius 2 is 2.28 bits per heavy atom. The fourth-order valence-corrected chi connectivity index (χ4v) is 4.62. The molecule has 1 heterocycles. The number of benzene rings is 1. The van der Waals surface area contributed by atoms with Crippen LogP contribution in [0.3, 0.4) is 0 Å². The van der Waals surface area contributed by atoms with E-state index in [-0.39, 0.29) is 0 Å². The highest BCUT2D eigenvalue weighted by Gasteiger charge is 2.27. The van der Waals surface area contributed by atoms with Crippen LogP contribution in [0.25, 0.3) is 10.2 Å². The van der Waals surface area contributed by atoms with Gasteiger partial charge in [-0.2, -0.15) is 11.8 Å². The number of nitrogens with one attached hydrogen (secondary N) is 1. The number of thioether (sulfide) groups is 1. The topological polar surface area (TPSA) is 24.9 Å². The van der Waals surface area contributed by atoms with Crippen LogP contribution in [-0.4, -0.2) is 22.5 Å². The molecule has 0 radical (unpaired) electrons. The Hall–Kier alpha value is -0.740. The molecular weight excluding hydrogens is 260 g/mol. The predicted molar refractivity (Wildman–Crippen MR) is 82.9 cm³/mol. The SMILES string of the molecule is CSC1CCCC1Nc1nc2c(C)cccc2s1. The van der Waals surface area contributed by atoms with Gasteiger partial charge in [-0.15, -0.1) is 0 Å². The van der Waals surface area contributed by atoms with Crippen LogP contribution in [0, 0.1) is 6.92 Å². The number of aryl methyl sites for hydroxylation is 1. The molecule has 1 saturated carbocycles. The number of aromatic nitrogens is 1. The molecule has 4 heteroatoms. The van der Waals surface area contributed by atoms with Gasteiger partial charge >= 0.3 is 0 Å². The van der Waals surface area contributed by atoms with Gasteiger partial charge in [0.05, 0.1) is 10.2 Å². The van der Waals surface area contributed by atoms with E-state index in [1.54, 1.807) is 11.3 Å². The maximum absolute atomic E-state index is 4.74. The van der Waals surface area contributed by atoms with E-state index in [1.165, 1.54) is 29.5 Å². The summed E-state index contributed by atoms with van der Waals surface area (Å²) in [6, 6.07) is 7.00. The Kier molecular flexibility index (Phi) is 3.48. The second kappa shape index (κ2) is 5.10. The van der Waals surface area contributed by atoms with Gasteiger partial charge in [0.2, 0.25) is 0 Å². The minimum atomic E-state index is 0.598. The average Bonchev–Trinajstić information content (AvgIpc) is 2.96. The summed E-state index contributed by atoms with van der Waals surface area (Å²) in [5.74, 6) is 0. The molecule has 96 valence electrons. The van der Waals surface area contributed by atoms with E-state index in [2.05, 4.69) is 36.7 Å². The minimum absolute atomic E-state index is 0.598. The van der Waals surface area contributed by atoms with Crippen molar-refractivity contribution in [2.24, 2.45) is 0 Å². The molecule has 0 aliphatic heterocycles. The van der Waals surface area contributed by atoms with Crippen molar-refractivity contribution in [1.29, 1.82) is 0 Å². The molecule has 0 amide bonds. The van der Waals surface area contributed by atoms with E-state index in [0.717, 1.165) is 15.9 Å². The number of thiazole rings is 1. The maximum Gasteiger partial charge on any atom is 0.184 e. The molecule has 18 heavy (non-hydrogen) atoms. The van der Waals surface area contributed by atoms with E-state index < -0.39 is 0 Å². The Labute approximate surface area is 116 Å². The summed E-state index contributed by atoms with van der Waals surface area (Å²) in [4.78, 5) is 4.74. The van der Waals surface area contributed by atoms with Crippen molar-refractivity contribution >= 4 is 38.4 Å². The monoisotopic (exact) mass is 278 g/mol. The highest BCUT2D eigenvalue weighted by Crippen LogP contribution is 2.34. The van der Waals surface area contributed by atoms with E-state index >= 15 is 0 Å². The van der Waals surface area contributed by atoms with Gasteiger partial charge in [-0.3, -0.25) is 0 Å². The quantitative estimate of drug-likeness (QED) is 0.906. The number of rotatable bonds is 3. The number of para-hydroxylation sites is 1. The van der Waals surface area contributed by atoms with Crippen molar-refractivity contribution in [3.05, 3.63) is 23.8 Å². The zero-order valence-electron chi connectivity index (χ0n) is 10.8. The number of nitrogens with zero attached hydrogens (tertiary/aromatic N) is 1. The average molecular weight is 278 g/mol. The van der Waals surface area contributed by atoms with Gasteiger partial charge in [0.1, 0.15) is 0 Å². The van der Waals surface area contributed by atoms with Gasteiger partial charge in [0, 0.05) is 11.3 Å². The van der Waals surface area contributed by atoms with Crippen molar-refractivity contribution in [1.82, 2.24) is 4.98 Å². The highest BCUT2D eigenvalue weighted by molar-refractivity contribution is 7.99. The molecule has 1 aliphatic carbocycles. The van der Waals surface area contributed by atoms with Gasteiger partial charge in [0.15, 0.2) is 5.13 Å². The second-order valence-corrected chi connectivity index (χ2v) is 7.00. The number of hydrogen-bond donors (Lipinski definition) is 1. The maximum atomic E-state index is 4.74. The summed E-state index contributed by atoms with van der Waals surface area (Å²) in [7, 11) is 0. The third-order valence-electron chi connectivity index (χ3n) is 3.68. The lowest BCUT2D eigenvalue weighted by atomic mass is 10.2. The van der Waals surface area contributed by atoms with E-state index in [1.807, 2.05) is 11.8 Å². The third-order valence-corrected chi connectivity index (χ3v) is 5.81. The van der Waals surface area contributed by atoms with Crippen LogP contribution in [0.2, 0.25) is 0 Å². The van der Waals surface area contributed by atoms with Crippen molar-refractivity contribution < 1.29 is 0 Å². The first-order chi connectivity index (χ1) is 8.78. The molecule has 0 bridgehead atoms. The number of anilines is 1. The van der Waals surface area contributed by atoms with Crippen LogP contribution in [0.4, 0.5) is 5.13 Å². The molecule has 1 fully saturated rings. The molecule has 1 aliphatic rings. The zero-order chi connectivity index (χ0) is 12.5. The Bertz CT molecular complexity index is 550. The third kappa shape index (κ3) is 2.24. The molecule has 1 aromatic carbocycles. The zero-order valence-corrected chi connectivity index (χ0v) is 12.4. The van der Waals surface area contributed by atoms with Crippen molar-refractivity contribution in [3.8, 4) is 0 Å². The lowest BCUT2D eigenvalue weighted by molar-refractivity contribution is 0.768. The van der Waals surface area contributed by atoms with E-state index in [4.69, 9.17) is 4.98 Å². The first kappa shape index (κ1) is 12.3. The molecule has 0 saturated heterocycles. The Morgan fingerprint density at radius 1 is 1.39 bits per heavy atom. The van der Waals surface area contributed by atoms with Crippen LogP contribution in [0.15, 0.2) is 18.2 Å². The fraction of sp³-hybridized carbons (Fsp3) is 0.500. The minimum Gasteiger partial charge on any atom is -0.358 e. The van der Waals surface area contributed by atoms with Gasteiger partial charge < -0.3 is 5.32 Å². The highest BCUT2D eigenvalue weighted by atomic mass is 32.2. The van der Waals surface area contributed by atoms with Crippen LogP contribution < -0.4 is 5.32 Å². The summed E-state index contributed by atoms with van der Waals surface area (Å²) < 4.78 is 1.29. The van der Waals surface area contributed by atoms with Gasteiger partial charge in [-0.25, -0.2) is 4.98 Å². The first-order valence-corrected chi connectivity index (χ1v) is 8.54. The van der Waals surface area contributed by atoms with Crippen LogP contribution in [0.5, 0.6) is 0 Å². The normalized spacial score (nSPS) is 23.7. The largest absolute Gasteiger partial charge is 0.358 e. The molecule has 1 aromatic heterocycles. The summed E-state index contributed by atoms with van der Waals surface area (Å²) in [6.45, 7) is 2.13. The molecule has 2 aromatic rings.